The van der Waals surface area contributed by atoms with Crippen LogP contribution < -0.4 is 9.47 Å². The van der Waals surface area contributed by atoms with Gasteiger partial charge in [0, 0.05) is 50.7 Å². The Morgan fingerprint density at radius 2 is 1.56 bits per heavy atom. The molecule has 2 aromatic heterocycles. The first kappa shape index (κ1) is 23.8. The molecule has 3 aromatic rings. The maximum Gasteiger partial charge on any atom is 0.259 e. The Labute approximate surface area is 199 Å². The van der Waals surface area contributed by atoms with Crippen molar-refractivity contribution < 1.29 is 22.7 Å². The molecule has 0 saturated carbocycles. The van der Waals surface area contributed by atoms with Crippen LogP contribution in [0.4, 0.5) is 0 Å². The third-order valence-corrected chi connectivity index (χ3v) is 8.03. The number of benzene rings is 1. The van der Waals surface area contributed by atoms with Gasteiger partial charge in [0.2, 0.25) is 10.0 Å². The molecule has 34 heavy (non-hydrogen) atoms. The van der Waals surface area contributed by atoms with E-state index in [4.69, 9.17) is 9.47 Å². The average molecular weight is 488 g/mol. The van der Waals surface area contributed by atoms with Crippen LogP contribution in [0.25, 0.3) is 5.82 Å². The number of rotatable bonds is 6. The predicted octanol–water partition coefficient (Wildman–Crippen LogP) is 1.99. The highest BCUT2D eigenvalue weighted by Crippen LogP contribution is 2.31. The van der Waals surface area contributed by atoms with Crippen molar-refractivity contribution in [3.05, 3.63) is 53.5 Å². The van der Waals surface area contributed by atoms with Crippen molar-refractivity contribution >= 4 is 15.9 Å². The minimum Gasteiger partial charge on any atom is -0.493 e. The van der Waals surface area contributed by atoms with Gasteiger partial charge in [-0.1, -0.05) is 0 Å². The Balaban J connectivity index is 1.53. The summed E-state index contributed by atoms with van der Waals surface area (Å²) >= 11 is 0. The molecule has 11 heteroatoms. The number of carbonyl (C=O) groups excluding carboxylic acids is 1. The van der Waals surface area contributed by atoms with Gasteiger partial charge in [0.25, 0.3) is 5.91 Å². The van der Waals surface area contributed by atoms with Crippen LogP contribution >= 0.6 is 0 Å². The highest BCUT2D eigenvalue weighted by atomic mass is 32.2. The van der Waals surface area contributed by atoms with Crippen LogP contribution in [0.5, 0.6) is 11.5 Å². The number of hydrogen-bond donors (Lipinski definition) is 0. The van der Waals surface area contributed by atoms with E-state index in [2.05, 4.69) is 5.10 Å². The number of piperazine rings is 1. The highest BCUT2D eigenvalue weighted by molar-refractivity contribution is 7.89. The maximum atomic E-state index is 13.4. The van der Waals surface area contributed by atoms with Gasteiger partial charge in [-0.3, -0.25) is 9.48 Å². The molecule has 1 saturated heterocycles. The van der Waals surface area contributed by atoms with Gasteiger partial charge >= 0.3 is 0 Å². The summed E-state index contributed by atoms with van der Waals surface area (Å²) in [6, 6.07) is 8.51. The van der Waals surface area contributed by atoms with Crippen LogP contribution in [0.3, 0.4) is 0 Å². The molecule has 10 nitrogen and oxygen atoms in total. The summed E-state index contributed by atoms with van der Waals surface area (Å²) in [5, 5.41) is 4.31. The second-order valence-electron chi connectivity index (χ2n) is 8.17. The van der Waals surface area contributed by atoms with E-state index in [1.165, 1.54) is 30.7 Å². The number of carbonyl (C=O) groups is 1. The molecule has 1 aliphatic rings. The largest absolute Gasteiger partial charge is 0.493 e. The lowest BCUT2D eigenvalue weighted by Crippen LogP contribution is -2.50. The lowest BCUT2D eigenvalue weighted by atomic mass is 10.2. The number of aromatic nitrogens is 3. The van der Waals surface area contributed by atoms with Gasteiger partial charge in [0.15, 0.2) is 11.5 Å². The van der Waals surface area contributed by atoms with Crippen molar-refractivity contribution in [3.8, 4) is 17.3 Å². The van der Waals surface area contributed by atoms with E-state index in [0.717, 1.165) is 11.4 Å². The third-order valence-electron chi connectivity index (χ3n) is 6.14. The molecule has 182 valence electrons. The van der Waals surface area contributed by atoms with Crippen LogP contribution in [0.1, 0.15) is 21.7 Å². The number of nitrogens with zero attached hydrogens (tertiary/aromatic N) is 5. The van der Waals surface area contributed by atoms with E-state index in [0.29, 0.717) is 22.9 Å². The van der Waals surface area contributed by atoms with Gasteiger partial charge in [0.05, 0.1) is 25.3 Å². The van der Waals surface area contributed by atoms with E-state index >= 15 is 0 Å². The Morgan fingerprint density at radius 3 is 2.15 bits per heavy atom. The van der Waals surface area contributed by atoms with Gasteiger partial charge in [-0.25, -0.2) is 8.42 Å². The molecule has 0 unspecified atom stereocenters. The van der Waals surface area contributed by atoms with Crippen LogP contribution in [-0.4, -0.2) is 78.3 Å². The fourth-order valence-electron chi connectivity index (χ4n) is 4.28. The monoisotopic (exact) mass is 487 g/mol. The standard InChI is InChI=1S/C23H29N5O5S/c1-16-6-7-17(2)28(16)22-19(15-24-25(22)3)23(29)26-10-12-27(13-11-26)34(30,31)18-8-9-20(32-4)21(14-18)33-5/h6-9,14-15H,10-13H2,1-5H3. The molecule has 0 radical (unpaired) electrons. The van der Waals surface area contributed by atoms with Gasteiger partial charge in [-0.15, -0.1) is 0 Å². The fourth-order valence-corrected chi connectivity index (χ4v) is 5.72. The molecule has 0 atom stereocenters. The molecule has 1 aromatic carbocycles. The number of ether oxygens (including phenoxy) is 2. The van der Waals surface area contributed by atoms with Crippen molar-refractivity contribution in [1.82, 2.24) is 23.6 Å². The summed E-state index contributed by atoms with van der Waals surface area (Å²) in [4.78, 5) is 15.2. The summed E-state index contributed by atoms with van der Waals surface area (Å²) < 4.78 is 41.9. The van der Waals surface area contributed by atoms with Crippen LogP contribution in [0, 0.1) is 13.8 Å². The molecule has 0 bridgehead atoms. The summed E-state index contributed by atoms with van der Waals surface area (Å²) in [5.74, 6) is 1.33. The molecule has 1 fully saturated rings. The second-order valence-corrected chi connectivity index (χ2v) is 10.1. The quantitative estimate of drug-likeness (QED) is 0.527. The van der Waals surface area contributed by atoms with E-state index < -0.39 is 10.0 Å². The predicted molar refractivity (Wildman–Crippen MR) is 126 cm³/mol. The molecule has 1 aliphatic heterocycles. The van der Waals surface area contributed by atoms with Crippen molar-refractivity contribution in [2.75, 3.05) is 40.4 Å². The first-order valence-corrected chi connectivity index (χ1v) is 12.3. The van der Waals surface area contributed by atoms with Crippen molar-refractivity contribution in [3.63, 3.8) is 0 Å². The molecule has 4 rings (SSSR count). The summed E-state index contributed by atoms with van der Waals surface area (Å²) in [6.07, 6.45) is 1.57. The summed E-state index contributed by atoms with van der Waals surface area (Å²) in [6.45, 7) is 4.91. The zero-order valence-corrected chi connectivity index (χ0v) is 20.8. The molecule has 1 amide bonds. The lowest BCUT2D eigenvalue weighted by molar-refractivity contribution is 0.0698. The molecule has 0 spiro atoms. The van der Waals surface area contributed by atoms with Gasteiger partial charge in [0.1, 0.15) is 11.4 Å². The molecule has 0 aliphatic carbocycles. The number of sulfonamides is 1. The summed E-state index contributed by atoms with van der Waals surface area (Å²) in [5.41, 5.74) is 2.49. The average Bonchev–Trinajstić information content (AvgIpc) is 3.38. The van der Waals surface area contributed by atoms with Gasteiger partial charge in [-0.05, 0) is 38.1 Å². The van der Waals surface area contributed by atoms with Crippen LogP contribution in [-0.2, 0) is 17.1 Å². The third kappa shape index (κ3) is 4.05. The van der Waals surface area contributed by atoms with E-state index in [-0.39, 0.29) is 37.0 Å². The number of aryl methyl sites for hydroxylation is 3. The first-order chi connectivity index (χ1) is 16.2. The zero-order valence-electron chi connectivity index (χ0n) is 20.0. The number of amides is 1. The van der Waals surface area contributed by atoms with E-state index in [9.17, 15) is 13.2 Å². The van der Waals surface area contributed by atoms with Crippen molar-refractivity contribution in [1.29, 1.82) is 0 Å². The first-order valence-electron chi connectivity index (χ1n) is 10.9. The topological polar surface area (TPSA) is 98.9 Å². The molecule has 3 heterocycles. The van der Waals surface area contributed by atoms with Crippen molar-refractivity contribution in [2.45, 2.75) is 18.7 Å². The highest BCUT2D eigenvalue weighted by Gasteiger charge is 2.32. The number of hydrogen-bond acceptors (Lipinski definition) is 6. The SMILES string of the molecule is COc1ccc(S(=O)(=O)N2CCN(C(=O)c3cnn(C)c3-n3c(C)ccc3C)CC2)cc1OC. The number of methoxy groups -OCH3 is 2. The van der Waals surface area contributed by atoms with E-state index in [1.807, 2.05) is 30.5 Å². The minimum absolute atomic E-state index is 0.123. The Morgan fingerprint density at radius 1 is 0.941 bits per heavy atom. The van der Waals surface area contributed by atoms with Crippen molar-refractivity contribution in [2.24, 2.45) is 7.05 Å². The second kappa shape index (κ2) is 9.15. The molecular formula is C23H29N5O5S. The Bertz CT molecular complexity index is 1300. The minimum atomic E-state index is -3.74. The Kier molecular flexibility index (Phi) is 6.41. The zero-order chi connectivity index (χ0) is 24.6. The van der Waals surface area contributed by atoms with Gasteiger partial charge < -0.3 is 18.9 Å². The smallest absolute Gasteiger partial charge is 0.259 e. The van der Waals surface area contributed by atoms with Crippen LogP contribution in [0.2, 0.25) is 0 Å². The van der Waals surface area contributed by atoms with E-state index in [1.54, 1.807) is 28.9 Å². The fraction of sp³-hybridized carbons (Fsp3) is 0.391. The Hall–Kier alpha value is -3.31. The summed E-state index contributed by atoms with van der Waals surface area (Å²) in [7, 11) is 1.01. The normalized spacial score (nSPS) is 14.9. The lowest BCUT2D eigenvalue weighted by Gasteiger charge is -2.34. The molecular weight excluding hydrogens is 458 g/mol. The van der Waals surface area contributed by atoms with Gasteiger partial charge in [-0.2, -0.15) is 9.40 Å². The maximum absolute atomic E-state index is 13.4. The van der Waals surface area contributed by atoms with Crippen LogP contribution in [0.15, 0.2) is 41.4 Å². The molecule has 0 N–H and O–H groups in total.